The van der Waals surface area contributed by atoms with Crippen LogP contribution in [0.4, 0.5) is 0 Å². The molecule has 0 fully saturated rings. The third kappa shape index (κ3) is 2.21. The summed E-state index contributed by atoms with van der Waals surface area (Å²) >= 11 is 5.69. The van der Waals surface area contributed by atoms with Gasteiger partial charge < -0.3 is 9.84 Å². The van der Waals surface area contributed by atoms with E-state index in [4.69, 9.17) is 21.4 Å². The van der Waals surface area contributed by atoms with Crippen LogP contribution in [0.3, 0.4) is 0 Å². The molecule has 0 amide bonds. The van der Waals surface area contributed by atoms with E-state index in [1.165, 1.54) is 7.11 Å². The standard InChI is InChI=1S/C10H12ClNO3/c1-10(2,9(13)14)6-4-5-7(11)12-8(6)15-3/h4-5H,1-3H3,(H,13,14). The first-order valence-corrected chi connectivity index (χ1v) is 4.71. The Bertz CT molecular complexity index is 390. The van der Waals surface area contributed by atoms with Crippen molar-refractivity contribution in [1.82, 2.24) is 4.98 Å². The summed E-state index contributed by atoms with van der Waals surface area (Å²) in [5, 5.41) is 9.34. The van der Waals surface area contributed by atoms with Crippen LogP contribution in [0.15, 0.2) is 12.1 Å². The number of carbonyl (C=O) groups is 1. The molecule has 0 unspecified atom stereocenters. The molecule has 1 aromatic heterocycles. The first kappa shape index (κ1) is 11.8. The molecule has 0 bridgehead atoms. The van der Waals surface area contributed by atoms with Gasteiger partial charge in [-0.25, -0.2) is 4.98 Å². The maximum Gasteiger partial charge on any atom is 0.313 e. The van der Waals surface area contributed by atoms with Crippen molar-refractivity contribution in [3.63, 3.8) is 0 Å². The molecule has 1 heterocycles. The third-order valence-corrected chi connectivity index (χ3v) is 2.44. The number of hydrogen-bond acceptors (Lipinski definition) is 3. The zero-order chi connectivity index (χ0) is 11.6. The van der Waals surface area contributed by atoms with Gasteiger partial charge in [0.25, 0.3) is 0 Å². The smallest absolute Gasteiger partial charge is 0.313 e. The number of carboxylic acid groups (broad SMARTS) is 1. The summed E-state index contributed by atoms with van der Waals surface area (Å²) in [7, 11) is 1.43. The molecule has 0 saturated heterocycles. The normalized spacial score (nSPS) is 11.2. The van der Waals surface area contributed by atoms with E-state index in [1.807, 2.05) is 0 Å². The molecule has 82 valence electrons. The Balaban J connectivity index is 3.31. The van der Waals surface area contributed by atoms with Crippen molar-refractivity contribution < 1.29 is 14.6 Å². The summed E-state index contributed by atoms with van der Waals surface area (Å²) in [6, 6.07) is 3.16. The summed E-state index contributed by atoms with van der Waals surface area (Å²) in [5.41, 5.74) is -0.551. The van der Waals surface area contributed by atoms with E-state index in [-0.39, 0.29) is 11.0 Å². The fraction of sp³-hybridized carbons (Fsp3) is 0.400. The molecule has 4 nitrogen and oxygen atoms in total. The molecule has 5 heteroatoms. The number of nitrogens with zero attached hydrogens (tertiary/aromatic N) is 1. The molecule has 1 N–H and O–H groups in total. The molecule has 0 spiro atoms. The van der Waals surface area contributed by atoms with Crippen LogP contribution < -0.4 is 4.74 Å². The average molecular weight is 230 g/mol. The molecule has 1 aromatic rings. The van der Waals surface area contributed by atoms with Gasteiger partial charge in [0.05, 0.1) is 12.5 Å². The van der Waals surface area contributed by atoms with E-state index in [1.54, 1.807) is 26.0 Å². The van der Waals surface area contributed by atoms with Gasteiger partial charge in [0.15, 0.2) is 0 Å². The second-order valence-electron chi connectivity index (χ2n) is 3.62. The predicted octanol–water partition coefficient (Wildman–Crippen LogP) is 2.11. The van der Waals surface area contributed by atoms with Crippen LogP contribution in [0.2, 0.25) is 5.15 Å². The van der Waals surface area contributed by atoms with Gasteiger partial charge in [-0.1, -0.05) is 11.6 Å². The summed E-state index contributed by atoms with van der Waals surface area (Å²) in [5.74, 6) is -0.695. The molecule has 0 atom stereocenters. The Hall–Kier alpha value is -1.29. The molecular weight excluding hydrogens is 218 g/mol. The van der Waals surface area contributed by atoms with Crippen LogP contribution in [0.5, 0.6) is 5.88 Å². The SMILES string of the molecule is COc1nc(Cl)ccc1C(C)(C)C(=O)O. The van der Waals surface area contributed by atoms with Gasteiger partial charge in [0.1, 0.15) is 5.15 Å². The highest BCUT2D eigenvalue weighted by atomic mass is 35.5. The van der Waals surface area contributed by atoms with E-state index in [0.717, 1.165) is 0 Å². The molecule has 1 rings (SSSR count). The highest BCUT2D eigenvalue weighted by Gasteiger charge is 2.33. The first-order chi connectivity index (χ1) is 6.89. The fourth-order valence-corrected chi connectivity index (χ4v) is 1.30. The largest absolute Gasteiger partial charge is 0.481 e. The second-order valence-corrected chi connectivity index (χ2v) is 4.01. The molecule has 0 aliphatic rings. The number of halogens is 1. The molecule has 0 aliphatic heterocycles. The highest BCUT2D eigenvalue weighted by Crippen LogP contribution is 2.31. The van der Waals surface area contributed by atoms with Crippen LogP contribution in [0.1, 0.15) is 19.4 Å². The minimum atomic E-state index is -1.05. The second kappa shape index (κ2) is 4.06. The van der Waals surface area contributed by atoms with Gasteiger partial charge in [0.2, 0.25) is 5.88 Å². The molecule has 0 radical (unpaired) electrons. The Morgan fingerprint density at radius 3 is 2.60 bits per heavy atom. The van der Waals surface area contributed by atoms with E-state index in [2.05, 4.69) is 4.98 Å². The zero-order valence-corrected chi connectivity index (χ0v) is 9.50. The first-order valence-electron chi connectivity index (χ1n) is 4.34. The number of hydrogen-bond donors (Lipinski definition) is 1. The van der Waals surface area contributed by atoms with Gasteiger partial charge in [-0.2, -0.15) is 0 Å². The number of aliphatic carboxylic acids is 1. The lowest BCUT2D eigenvalue weighted by atomic mass is 9.85. The number of carboxylic acids is 1. The van der Waals surface area contributed by atoms with Crippen LogP contribution in [-0.4, -0.2) is 23.2 Å². The maximum absolute atomic E-state index is 11.1. The number of rotatable bonds is 3. The minimum absolute atomic E-state index is 0.245. The van der Waals surface area contributed by atoms with Crippen molar-refractivity contribution in [3.05, 3.63) is 22.8 Å². The van der Waals surface area contributed by atoms with Crippen molar-refractivity contribution in [2.45, 2.75) is 19.3 Å². The van der Waals surface area contributed by atoms with Gasteiger partial charge in [0, 0.05) is 5.56 Å². The fourth-order valence-electron chi connectivity index (χ4n) is 1.16. The molecule has 15 heavy (non-hydrogen) atoms. The van der Waals surface area contributed by atoms with E-state index < -0.39 is 11.4 Å². The summed E-state index contributed by atoms with van der Waals surface area (Å²) in [6.45, 7) is 3.17. The Morgan fingerprint density at radius 1 is 1.53 bits per heavy atom. The number of ether oxygens (including phenoxy) is 1. The summed E-state index contributed by atoms with van der Waals surface area (Å²) in [6.07, 6.45) is 0. The summed E-state index contributed by atoms with van der Waals surface area (Å²) < 4.78 is 5.00. The topological polar surface area (TPSA) is 59.4 Å². The van der Waals surface area contributed by atoms with Crippen molar-refractivity contribution in [3.8, 4) is 5.88 Å². The monoisotopic (exact) mass is 229 g/mol. The van der Waals surface area contributed by atoms with Crippen LogP contribution >= 0.6 is 11.6 Å². The predicted molar refractivity (Wildman–Crippen MR) is 56.5 cm³/mol. The van der Waals surface area contributed by atoms with Crippen molar-refractivity contribution >= 4 is 17.6 Å². The molecular formula is C10H12ClNO3. The molecule has 0 aliphatic carbocycles. The van der Waals surface area contributed by atoms with Crippen molar-refractivity contribution in [2.75, 3.05) is 7.11 Å². The molecule has 0 saturated carbocycles. The Morgan fingerprint density at radius 2 is 2.13 bits per heavy atom. The maximum atomic E-state index is 11.1. The Kier molecular flexibility index (Phi) is 3.19. The summed E-state index contributed by atoms with van der Waals surface area (Å²) in [4.78, 5) is 15.0. The van der Waals surface area contributed by atoms with E-state index in [9.17, 15) is 4.79 Å². The van der Waals surface area contributed by atoms with Gasteiger partial charge in [-0.15, -0.1) is 0 Å². The van der Waals surface area contributed by atoms with E-state index >= 15 is 0 Å². The lowest BCUT2D eigenvalue weighted by Gasteiger charge is -2.21. The van der Waals surface area contributed by atoms with Crippen molar-refractivity contribution in [1.29, 1.82) is 0 Å². The van der Waals surface area contributed by atoms with Crippen molar-refractivity contribution in [2.24, 2.45) is 0 Å². The van der Waals surface area contributed by atoms with Crippen LogP contribution in [0.25, 0.3) is 0 Å². The lowest BCUT2D eigenvalue weighted by molar-refractivity contribution is -0.142. The molecule has 0 aromatic carbocycles. The number of methoxy groups -OCH3 is 1. The minimum Gasteiger partial charge on any atom is -0.481 e. The highest BCUT2D eigenvalue weighted by molar-refractivity contribution is 6.29. The van der Waals surface area contributed by atoms with Gasteiger partial charge in [-0.3, -0.25) is 4.79 Å². The van der Waals surface area contributed by atoms with Crippen LogP contribution in [0, 0.1) is 0 Å². The van der Waals surface area contributed by atoms with Crippen LogP contribution in [-0.2, 0) is 10.2 Å². The third-order valence-electron chi connectivity index (χ3n) is 2.23. The number of pyridine rings is 1. The zero-order valence-electron chi connectivity index (χ0n) is 8.74. The number of aromatic nitrogens is 1. The van der Waals surface area contributed by atoms with Gasteiger partial charge in [-0.05, 0) is 26.0 Å². The Labute approximate surface area is 92.8 Å². The quantitative estimate of drug-likeness (QED) is 0.807. The average Bonchev–Trinajstić information content (AvgIpc) is 2.16. The van der Waals surface area contributed by atoms with E-state index in [0.29, 0.717) is 5.56 Å². The lowest BCUT2D eigenvalue weighted by Crippen LogP contribution is -2.29. The van der Waals surface area contributed by atoms with Gasteiger partial charge >= 0.3 is 5.97 Å².